The van der Waals surface area contributed by atoms with Crippen LogP contribution in [-0.2, 0) is 9.59 Å². The maximum absolute atomic E-state index is 12.2. The summed E-state index contributed by atoms with van der Waals surface area (Å²) in [6.07, 6.45) is 1.60. The minimum atomic E-state index is -0.812. The molecule has 5 nitrogen and oxygen atoms in total. The average Bonchev–Trinajstić information content (AvgIpc) is 3.08. The van der Waals surface area contributed by atoms with Crippen molar-refractivity contribution in [2.45, 2.75) is 19.3 Å². The molecule has 0 saturated heterocycles. The number of rotatable bonds is 5. The summed E-state index contributed by atoms with van der Waals surface area (Å²) in [6.45, 7) is 0. The van der Waals surface area contributed by atoms with Crippen molar-refractivity contribution in [1.29, 1.82) is 0 Å². The maximum Gasteiger partial charge on any atom is 0.306 e. The van der Waals surface area contributed by atoms with E-state index in [0.29, 0.717) is 30.7 Å². The highest BCUT2D eigenvalue weighted by Crippen LogP contribution is 2.32. The number of nitrogens with one attached hydrogen (secondary N) is 1. The Morgan fingerprint density at radius 3 is 2.17 bits per heavy atom. The van der Waals surface area contributed by atoms with E-state index in [9.17, 15) is 9.59 Å². The van der Waals surface area contributed by atoms with E-state index in [1.807, 2.05) is 30.3 Å². The number of hydrogen-bond donors (Lipinski definition) is 2. The molecule has 0 spiro atoms. The van der Waals surface area contributed by atoms with Crippen LogP contribution in [0, 0.1) is 11.8 Å². The maximum atomic E-state index is 12.2. The summed E-state index contributed by atoms with van der Waals surface area (Å²) in [4.78, 5) is 23.2. The van der Waals surface area contributed by atoms with Crippen LogP contribution in [0.25, 0.3) is 0 Å². The van der Waals surface area contributed by atoms with E-state index in [2.05, 4.69) is 5.32 Å². The number of benzene rings is 2. The molecule has 0 bridgehead atoms. The zero-order chi connectivity index (χ0) is 16.9. The highest BCUT2D eigenvalue weighted by atomic mass is 16.5. The van der Waals surface area contributed by atoms with E-state index >= 15 is 0 Å². The van der Waals surface area contributed by atoms with Gasteiger partial charge in [0.05, 0.1) is 5.92 Å². The van der Waals surface area contributed by atoms with Gasteiger partial charge in [0.1, 0.15) is 11.5 Å². The van der Waals surface area contributed by atoms with Gasteiger partial charge in [-0.05, 0) is 55.7 Å². The van der Waals surface area contributed by atoms with Crippen molar-refractivity contribution < 1.29 is 19.4 Å². The monoisotopic (exact) mass is 325 g/mol. The molecule has 2 atom stereocenters. The zero-order valence-corrected chi connectivity index (χ0v) is 13.1. The van der Waals surface area contributed by atoms with Crippen molar-refractivity contribution in [3.05, 3.63) is 54.6 Å². The molecule has 1 amide bonds. The lowest BCUT2D eigenvalue weighted by molar-refractivity contribution is -0.141. The molecule has 2 N–H and O–H groups in total. The minimum Gasteiger partial charge on any atom is -0.481 e. The van der Waals surface area contributed by atoms with Gasteiger partial charge in [0.25, 0.3) is 0 Å². The first kappa shape index (κ1) is 16.1. The van der Waals surface area contributed by atoms with Crippen LogP contribution in [0.2, 0.25) is 0 Å². The zero-order valence-electron chi connectivity index (χ0n) is 13.1. The molecule has 2 aromatic rings. The number of aliphatic carboxylic acids is 1. The van der Waals surface area contributed by atoms with Crippen LogP contribution in [-0.4, -0.2) is 17.0 Å². The summed E-state index contributed by atoms with van der Waals surface area (Å²) in [5.41, 5.74) is 0.680. The smallest absolute Gasteiger partial charge is 0.306 e. The average molecular weight is 325 g/mol. The van der Waals surface area contributed by atoms with Crippen LogP contribution in [0.3, 0.4) is 0 Å². The first-order valence-electron chi connectivity index (χ1n) is 7.98. The Bertz CT molecular complexity index is 712. The lowest BCUT2D eigenvalue weighted by Gasteiger charge is -2.11. The Kier molecular flexibility index (Phi) is 4.79. The van der Waals surface area contributed by atoms with E-state index in [1.54, 1.807) is 24.3 Å². The fraction of sp³-hybridized carbons (Fsp3) is 0.263. The number of anilines is 1. The van der Waals surface area contributed by atoms with E-state index < -0.39 is 11.9 Å². The number of ether oxygens (including phenoxy) is 1. The van der Waals surface area contributed by atoms with Gasteiger partial charge < -0.3 is 15.2 Å². The summed E-state index contributed by atoms with van der Waals surface area (Å²) in [5.74, 6) is -0.122. The van der Waals surface area contributed by atoms with Crippen LogP contribution >= 0.6 is 0 Å². The fourth-order valence-corrected chi connectivity index (χ4v) is 2.92. The van der Waals surface area contributed by atoms with E-state index in [-0.39, 0.29) is 11.8 Å². The molecule has 1 aliphatic carbocycles. The van der Waals surface area contributed by atoms with Crippen molar-refractivity contribution in [3.8, 4) is 11.5 Å². The third kappa shape index (κ3) is 3.93. The number of carbonyl (C=O) groups excluding carboxylic acids is 1. The third-order valence-corrected chi connectivity index (χ3v) is 4.25. The number of hydrogen-bond acceptors (Lipinski definition) is 3. The highest BCUT2D eigenvalue weighted by molar-refractivity contribution is 5.93. The second-order valence-corrected chi connectivity index (χ2v) is 5.97. The lowest BCUT2D eigenvalue weighted by atomic mass is 10.0. The van der Waals surface area contributed by atoms with Crippen LogP contribution < -0.4 is 10.1 Å². The van der Waals surface area contributed by atoms with Crippen LogP contribution in [0.15, 0.2) is 54.6 Å². The largest absolute Gasteiger partial charge is 0.481 e. The molecule has 3 rings (SSSR count). The number of carbonyl (C=O) groups is 2. The molecule has 24 heavy (non-hydrogen) atoms. The van der Waals surface area contributed by atoms with E-state index in [4.69, 9.17) is 9.84 Å². The third-order valence-electron chi connectivity index (χ3n) is 4.25. The first-order chi connectivity index (χ1) is 11.6. The molecule has 0 heterocycles. The van der Waals surface area contributed by atoms with Gasteiger partial charge in [0.15, 0.2) is 0 Å². The summed E-state index contributed by atoms with van der Waals surface area (Å²) in [5, 5.41) is 11.9. The van der Waals surface area contributed by atoms with Crippen LogP contribution in [0.4, 0.5) is 5.69 Å². The molecule has 124 valence electrons. The molecular formula is C19H19NO4. The van der Waals surface area contributed by atoms with Crippen LogP contribution in [0.5, 0.6) is 11.5 Å². The fourth-order valence-electron chi connectivity index (χ4n) is 2.92. The number of para-hydroxylation sites is 1. The Hall–Kier alpha value is -2.82. The van der Waals surface area contributed by atoms with Crippen molar-refractivity contribution in [2.24, 2.45) is 11.8 Å². The van der Waals surface area contributed by atoms with Gasteiger partial charge in [-0.25, -0.2) is 0 Å². The molecule has 1 saturated carbocycles. The van der Waals surface area contributed by atoms with Crippen molar-refractivity contribution in [2.75, 3.05) is 5.32 Å². The summed E-state index contributed by atoms with van der Waals surface area (Å²) < 4.78 is 5.70. The summed E-state index contributed by atoms with van der Waals surface area (Å²) in [7, 11) is 0. The normalized spacial score (nSPS) is 19.7. The second kappa shape index (κ2) is 7.17. The second-order valence-electron chi connectivity index (χ2n) is 5.97. The molecule has 0 unspecified atom stereocenters. The predicted molar refractivity (Wildman–Crippen MR) is 90.1 cm³/mol. The number of carboxylic acids is 1. The van der Waals surface area contributed by atoms with Gasteiger partial charge in [-0.1, -0.05) is 18.2 Å². The van der Waals surface area contributed by atoms with Crippen molar-refractivity contribution in [3.63, 3.8) is 0 Å². The molecule has 0 radical (unpaired) electrons. The van der Waals surface area contributed by atoms with E-state index in [1.165, 1.54) is 0 Å². The van der Waals surface area contributed by atoms with Gasteiger partial charge in [0.2, 0.25) is 5.91 Å². The summed E-state index contributed by atoms with van der Waals surface area (Å²) in [6, 6.07) is 16.6. The highest BCUT2D eigenvalue weighted by Gasteiger charge is 2.33. The van der Waals surface area contributed by atoms with Crippen molar-refractivity contribution >= 4 is 17.6 Å². The molecule has 0 aromatic heterocycles. The molecule has 2 aromatic carbocycles. The summed E-state index contributed by atoms with van der Waals surface area (Å²) >= 11 is 0. The predicted octanol–water partition coefficient (Wildman–Crippen LogP) is 3.92. The van der Waals surface area contributed by atoms with E-state index in [0.717, 1.165) is 5.75 Å². The Morgan fingerprint density at radius 1 is 0.917 bits per heavy atom. The van der Waals surface area contributed by atoms with Gasteiger partial charge in [-0.2, -0.15) is 0 Å². The molecular weight excluding hydrogens is 306 g/mol. The molecule has 1 fully saturated rings. The number of carboxylic acid groups (broad SMARTS) is 1. The van der Waals surface area contributed by atoms with Crippen molar-refractivity contribution in [1.82, 2.24) is 0 Å². The first-order valence-corrected chi connectivity index (χ1v) is 7.98. The Labute approximate surface area is 140 Å². The van der Waals surface area contributed by atoms with Gasteiger partial charge in [0, 0.05) is 11.6 Å². The molecule has 5 heteroatoms. The number of amides is 1. The minimum absolute atomic E-state index is 0.115. The standard InChI is InChI=1S/C19H19NO4/c21-18(13-6-7-14(12-13)19(22)23)20-15-8-10-17(11-9-15)24-16-4-2-1-3-5-16/h1-5,8-11,13-14H,6-7,12H2,(H,20,21)(H,22,23)/t13-,14+/m0/s1. The lowest BCUT2D eigenvalue weighted by Crippen LogP contribution is -2.21. The van der Waals surface area contributed by atoms with Crippen LogP contribution in [0.1, 0.15) is 19.3 Å². The molecule has 0 aliphatic heterocycles. The Morgan fingerprint density at radius 2 is 1.54 bits per heavy atom. The van der Waals surface area contributed by atoms with Gasteiger partial charge in [-0.3, -0.25) is 9.59 Å². The van der Waals surface area contributed by atoms with Gasteiger partial charge in [-0.15, -0.1) is 0 Å². The molecule has 1 aliphatic rings. The van der Waals surface area contributed by atoms with Gasteiger partial charge >= 0.3 is 5.97 Å². The topological polar surface area (TPSA) is 75.6 Å². The SMILES string of the molecule is O=C(O)[C@@H]1CC[C@H](C(=O)Nc2ccc(Oc3ccccc3)cc2)C1. The Balaban J connectivity index is 1.56. The quantitative estimate of drug-likeness (QED) is 0.873.